The number of hydrogen-bond donors (Lipinski definition) is 1. The van der Waals surface area contributed by atoms with Crippen LogP contribution in [0.1, 0.15) is 18.4 Å². The quantitative estimate of drug-likeness (QED) is 0.801. The number of benzene rings is 2. The first kappa shape index (κ1) is 15.4. The smallest absolute Gasteiger partial charge is 0.100 e. The Hall–Kier alpha value is -2.17. The van der Waals surface area contributed by atoms with Crippen molar-refractivity contribution in [2.75, 3.05) is 20.1 Å². The second kappa shape index (κ2) is 6.75. The lowest BCUT2D eigenvalue weighted by atomic mass is 10.0. The Kier molecular flexibility index (Phi) is 4.32. The van der Waals surface area contributed by atoms with Crippen LogP contribution in [-0.2, 0) is 6.54 Å². The number of aromatic nitrogens is 2. The van der Waals surface area contributed by atoms with Gasteiger partial charge >= 0.3 is 0 Å². The average Bonchev–Trinajstić information content (AvgIpc) is 3.07. The second-order valence-electron chi connectivity index (χ2n) is 6.63. The Morgan fingerprint density at radius 2 is 1.96 bits per heavy atom. The van der Waals surface area contributed by atoms with Gasteiger partial charge in [-0.05, 0) is 56.3 Å². The van der Waals surface area contributed by atoms with Crippen molar-refractivity contribution in [1.29, 1.82) is 0 Å². The first-order valence-corrected chi connectivity index (χ1v) is 8.74. The number of likely N-dealkylation sites (N-methyl/N-ethyl adjacent to an activating group) is 1. The van der Waals surface area contributed by atoms with Crippen molar-refractivity contribution < 1.29 is 0 Å². The summed E-state index contributed by atoms with van der Waals surface area (Å²) in [6.07, 6.45) is 4.48. The highest BCUT2D eigenvalue weighted by atomic mass is 15.2. The second-order valence-corrected chi connectivity index (χ2v) is 6.63. The van der Waals surface area contributed by atoms with Crippen molar-refractivity contribution in [2.24, 2.45) is 0 Å². The third-order valence-corrected chi connectivity index (χ3v) is 4.99. The fourth-order valence-corrected chi connectivity index (χ4v) is 3.62. The summed E-state index contributed by atoms with van der Waals surface area (Å²) >= 11 is 0. The van der Waals surface area contributed by atoms with Gasteiger partial charge in [-0.25, -0.2) is 4.98 Å². The van der Waals surface area contributed by atoms with E-state index in [1.807, 2.05) is 12.4 Å². The molecule has 1 atom stereocenters. The first-order chi connectivity index (χ1) is 11.8. The molecule has 1 aliphatic heterocycles. The van der Waals surface area contributed by atoms with Crippen molar-refractivity contribution in [3.8, 4) is 5.69 Å². The van der Waals surface area contributed by atoms with Crippen molar-refractivity contribution in [1.82, 2.24) is 19.8 Å². The topological polar surface area (TPSA) is 33.1 Å². The van der Waals surface area contributed by atoms with E-state index in [1.54, 1.807) is 0 Å². The Bertz CT molecular complexity index is 806. The number of fused-ring (bicyclic) bond motifs is 1. The molecule has 1 unspecified atom stereocenters. The molecule has 0 aliphatic carbocycles. The van der Waals surface area contributed by atoms with Crippen LogP contribution in [0, 0.1) is 0 Å². The molecule has 3 aromatic rings. The number of likely N-dealkylation sites (tertiary alicyclic amines) is 1. The lowest BCUT2D eigenvalue weighted by Crippen LogP contribution is -2.43. The van der Waals surface area contributed by atoms with Gasteiger partial charge in [-0.3, -0.25) is 9.47 Å². The molecule has 2 aromatic carbocycles. The van der Waals surface area contributed by atoms with Gasteiger partial charge in [0.25, 0.3) is 0 Å². The van der Waals surface area contributed by atoms with E-state index in [0.29, 0.717) is 6.04 Å². The van der Waals surface area contributed by atoms with Gasteiger partial charge in [0.05, 0.1) is 11.0 Å². The molecule has 1 saturated heterocycles. The van der Waals surface area contributed by atoms with Gasteiger partial charge in [0.2, 0.25) is 0 Å². The lowest BCUT2D eigenvalue weighted by molar-refractivity contribution is 0.188. The molecule has 0 amide bonds. The molecule has 0 saturated carbocycles. The molecule has 4 heteroatoms. The van der Waals surface area contributed by atoms with E-state index in [-0.39, 0.29) is 0 Å². The van der Waals surface area contributed by atoms with Crippen molar-refractivity contribution in [3.63, 3.8) is 0 Å². The van der Waals surface area contributed by atoms with Crippen molar-refractivity contribution >= 4 is 11.0 Å². The summed E-state index contributed by atoms with van der Waals surface area (Å²) in [6, 6.07) is 17.8. The van der Waals surface area contributed by atoms with Crippen LogP contribution in [0.3, 0.4) is 0 Å². The molecule has 0 bridgehead atoms. The van der Waals surface area contributed by atoms with Crippen LogP contribution >= 0.6 is 0 Å². The van der Waals surface area contributed by atoms with Crippen LogP contribution in [-0.4, -0.2) is 40.6 Å². The summed E-state index contributed by atoms with van der Waals surface area (Å²) in [6.45, 7) is 3.37. The highest BCUT2D eigenvalue weighted by molar-refractivity contribution is 5.77. The van der Waals surface area contributed by atoms with Crippen LogP contribution in [0.15, 0.2) is 54.9 Å². The van der Waals surface area contributed by atoms with E-state index in [0.717, 1.165) is 24.1 Å². The Morgan fingerprint density at radius 1 is 1.12 bits per heavy atom. The predicted octanol–water partition coefficient (Wildman–Crippen LogP) is 3.21. The maximum Gasteiger partial charge on any atom is 0.100 e. The van der Waals surface area contributed by atoms with Crippen LogP contribution in [0.25, 0.3) is 16.7 Å². The van der Waals surface area contributed by atoms with E-state index < -0.39 is 0 Å². The number of piperidine rings is 1. The van der Waals surface area contributed by atoms with Gasteiger partial charge in [0.15, 0.2) is 0 Å². The highest BCUT2D eigenvalue weighted by Crippen LogP contribution is 2.19. The SMILES string of the molecule is CNC1CCCN(Cc2ccc(-n3cnc4ccccc43)cc2)C1. The molecule has 1 aromatic heterocycles. The Balaban J connectivity index is 1.50. The molecular formula is C20H24N4. The molecule has 1 N–H and O–H groups in total. The molecule has 0 spiro atoms. The number of imidazole rings is 1. The van der Waals surface area contributed by atoms with Crippen molar-refractivity contribution in [3.05, 3.63) is 60.4 Å². The monoisotopic (exact) mass is 320 g/mol. The third-order valence-electron chi connectivity index (χ3n) is 4.99. The van der Waals surface area contributed by atoms with Crippen LogP contribution in [0.4, 0.5) is 0 Å². The van der Waals surface area contributed by atoms with E-state index in [2.05, 4.69) is 69.3 Å². The van der Waals surface area contributed by atoms with Gasteiger partial charge in [-0.15, -0.1) is 0 Å². The summed E-state index contributed by atoms with van der Waals surface area (Å²) in [5, 5.41) is 3.41. The predicted molar refractivity (Wildman–Crippen MR) is 98.4 cm³/mol. The van der Waals surface area contributed by atoms with Crippen LogP contribution < -0.4 is 5.32 Å². The first-order valence-electron chi connectivity index (χ1n) is 8.74. The number of para-hydroxylation sites is 2. The molecule has 0 radical (unpaired) electrons. The normalized spacial score (nSPS) is 19.0. The number of nitrogens with one attached hydrogen (secondary N) is 1. The summed E-state index contributed by atoms with van der Waals surface area (Å²) in [5.41, 5.74) is 4.73. The molecule has 24 heavy (non-hydrogen) atoms. The average molecular weight is 320 g/mol. The van der Waals surface area contributed by atoms with Gasteiger partial charge in [0, 0.05) is 24.8 Å². The van der Waals surface area contributed by atoms with E-state index in [9.17, 15) is 0 Å². The fourth-order valence-electron chi connectivity index (χ4n) is 3.62. The summed E-state index contributed by atoms with van der Waals surface area (Å²) in [7, 11) is 2.07. The maximum absolute atomic E-state index is 4.48. The molecule has 2 heterocycles. The standard InChI is InChI=1S/C20H24N4/c1-21-17-5-4-12-23(14-17)13-16-8-10-18(11-9-16)24-15-22-19-6-2-3-7-20(19)24/h2-3,6-11,15,17,21H,4-5,12-14H2,1H3. The Labute approximate surface area is 143 Å². The third kappa shape index (κ3) is 3.07. The Morgan fingerprint density at radius 3 is 2.79 bits per heavy atom. The number of hydrogen-bond acceptors (Lipinski definition) is 3. The minimum Gasteiger partial charge on any atom is -0.316 e. The highest BCUT2D eigenvalue weighted by Gasteiger charge is 2.18. The number of nitrogens with zero attached hydrogens (tertiary/aromatic N) is 3. The summed E-state index contributed by atoms with van der Waals surface area (Å²) < 4.78 is 2.15. The van der Waals surface area contributed by atoms with Gasteiger partial charge in [-0.1, -0.05) is 24.3 Å². The van der Waals surface area contributed by atoms with Gasteiger partial charge < -0.3 is 5.32 Å². The fraction of sp³-hybridized carbons (Fsp3) is 0.350. The zero-order valence-electron chi connectivity index (χ0n) is 14.2. The van der Waals surface area contributed by atoms with Crippen LogP contribution in [0.5, 0.6) is 0 Å². The summed E-state index contributed by atoms with van der Waals surface area (Å²) in [4.78, 5) is 7.02. The van der Waals surface area contributed by atoms with Crippen molar-refractivity contribution in [2.45, 2.75) is 25.4 Å². The molecule has 124 valence electrons. The lowest BCUT2D eigenvalue weighted by Gasteiger charge is -2.32. The zero-order valence-corrected chi connectivity index (χ0v) is 14.2. The number of rotatable bonds is 4. The maximum atomic E-state index is 4.48. The molecule has 1 aliphatic rings. The largest absolute Gasteiger partial charge is 0.316 e. The zero-order chi connectivity index (χ0) is 16.4. The van der Waals surface area contributed by atoms with E-state index in [4.69, 9.17) is 0 Å². The molecule has 4 rings (SSSR count). The van der Waals surface area contributed by atoms with E-state index in [1.165, 1.54) is 30.6 Å². The molecule has 1 fully saturated rings. The van der Waals surface area contributed by atoms with Gasteiger partial charge in [0.1, 0.15) is 6.33 Å². The van der Waals surface area contributed by atoms with Gasteiger partial charge in [-0.2, -0.15) is 0 Å². The minimum atomic E-state index is 0.635. The molecular weight excluding hydrogens is 296 g/mol. The van der Waals surface area contributed by atoms with Crippen LogP contribution in [0.2, 0.25) is 0 Å². The minimum absolute atomic E-state index is 0.635. The van der Waals surface area contributed by atoms with E-state index >= 15 is 0 Å². The molecule has 4 nitrogen and oxygen atoms in total. The summed E-state index contributed by atoms with van der Waals surface area (Å²) in [5.74, 6) is 0.